The van der Waals surface area contributed by atoms with Gasteiger partial charge in [0.1, 0.15) is 5.52 Å². The number of aliphatic hydroxyl groups is 1. The van der Waals surface area contributed by atoms with Gasteiger partial charge in [0, 0.05) is 12.7 Å². The number of alkyl halides is 2. The molecule has 0 aliphatic heterocycles. The van der Waals surface area contributed by atoms with Crippen molar-refractivity contribution in [3.05, 3.63) is 48.3 Å². The maximum absolute atomic E-state index is 12.3. The van der Waals surface area contributed by atoms with Crippen LogP contribution in [0.4, 0.5) is 20.4 Å². The summed E-state index contributed by atoms with van der Waals surface area (Å²) in [6.45, 7) is -0.814. The van der Waals surface area contributed by atoms with Crippen molar-refractivity contribution in [1.29, 1.82) is 0 Å². The molecule has 3 N–H and O–H groups in total. The number of halogens is 2. The van der Waals surface area contributed by atoms with Crippen LogP contribution in [0, 0.1) is 5.92 Å². The molecule has 156 valence electrons. The Morgan fingerprint density at radius 1 is 1.20 bits per heavy atom. The molecule has 0 amide bonds. The summed E-state index contributed by atoms with van der Waals surface area (Å²) in [5, 5.41) is 22.7. The molecule has 30 heavy (non-hydrogen) atoms. The predicted octanol–water partition coefficient (Wildman–Crippen LogP) is 3.05. The van der Waals surface area contributed by atoms with Gasteiger partial charge in [-0.05, 0) is 30.0 Å². The van der Waals surface area contributed by atoms with E-state index in [-0.39, 0.29) is 24.2 Å². The van der Waals surface area contributed by atoms with Crippen LogP contribution in [-0.2, 0) is 6.42 Å². The van der Waals surface area contributed by atoms with Crippen molar-refractivity contribution in [3.8, 4) is 11.6 Å². The molecule has 0 radical (unpaired) electrons. The Morgan fingerprint density at radius 2 is 2.00 bits per heavy atom. The molecule has 3 heterocycles. The van der Waals surface area contributed by atoms with Gasteiger partial charge in [-0.2, -0.15) is 19.0 Å². The van der Waals surface area contributed by atoms with E-state index >= 15 is 0 Å². The Labute approximate surface area is 169 Å². The number of nitrogens with one attached hydrogen (secondary N) is 2. The fourth-order valence-electron chi connectivity index (χ4n) is 2.95. The second-order valence-corrected chi connectivity index (χ2v) is 6.80. The largest absolute Gasteiger partial charge is 0.417 e. The minimum Gasteiger partial charge on any atom is -0.417 e. The van der Waals surface area contributed by atoms with Crippen molar-refractivity contribution in [1.82, 2.24) is 29.9 Å². The molecule has 4 rings (SSSR count). The monoisotopic (exact) mass is 415 g/mol. The normalized spacial score (nSPS) is 12.4. The average Bonchev–Trinajstić information content (AvgIpc) is 3.34. The highest BCUT2D eigenvalue weighted by molar-refractivity contribution is 5.74. The smallest absolute Gasteiger partial charge is 0.388 e. The maximum atomic E-state index is 12.3. The summed E-state index contributed by atoms with van der Waals surface area (Å²) >= 11 is 0. The zero-order valence-corrected chi connectivity index (χ0v) is 16.0. The van der Waals surface area contributed by atoms with Crippen molar-refractivity contribution in [2.45, 2.75) is 20.0 Å². The number of anilines is 2. The quantitative estimate of drug-likeness (QED) is 0.405. The molecule has 0 saturated carbocycles. The highest BCUT2D eigenvalue weighted by Crippen LogP contribution is 2.21. The van der Waals surface area contributed by atoms with E-state index in [0.717, 1.165) is 17.7 Å². The highest BCUT2D eigenvalue weighted by atomic mass is 19.3. The predicted molar refractivity (Wildman–Crippen MR) is 105 cm³/mol. The van der Waals surface area contributed by atoms with E-state index in [1.807, 2.05) is 31.2 Å². The second-order valence-electron chi connectivity index (χ2n) is 6.80. The third-order valence-corrected chi connectivity index (χ3v) is 4.38. The number of aromatic amines is 1. The Morgan fingerprint density at radius 3 is 2.73 bits per heavy atom. The molecular weight excluding hydrogens is 396 g/mol. The molecule has 4 aromatic rings. The summed E-state index contributed by atoms with van der Waals surface area (Å²) in [7, 11) is 0. The van der Waals surface area contributed by atoms with Gasteiger partial charge in [-0.1, -0.05) is 19.1 Å². The van der Waals surface area contributed by atoms with Gasteiger partial charge in [0.25, 0.3) is 0 Å². The van der Waals surface area contributed by atoms with Gasteiger partial charge in [0.15, 0.2) is 17.3 Å². The van der Waals surface area contributed by atoms with Crippen molar-refractivity contribution < 1.29 is 18.6 Å². The number of fused-ring (bicyclic) bond motifs is 1. The Balaban J connectivity index is 1.56. The topological polar surface area (TPSA) is 114 Å². The number of H-pyrrole nitrogens is 1. The SMILES string of the molecule is C[C@@H](CO)Cc1ccc(-n2ncc3ncc(Nc4cc(OC(F)F)[nH]n4)nc32)cc1. The van der Waals surface area contributed by atoms with E-state index in [9.17, 15) is 13.9 Å². The van der Waals surface area contributed by atoms with Crippen LogP contribution in [-0.4, -0.2) is 48.3 Å². The molecule has 1 aromatic carbocycles. The van der Waals surface area contributed by atoms with Gasteiger partial charge in [-0.15, -0.1) is 0 Å². The summed E-state index contributed by atoms with van der Waals surface area (Å²) in [4.78, 5) is 8.83. The lowest BCUT2D eigenvalue weighted by molar-refractivity contribution is -0.0528. The molecule has 0 saturated heterocycles. The van der Waals surface area contributed by atoms with Gasteiger partial charge >= 0.3 is 6.61 Å². The van der Waals surface area contributed by atoms with Crippen LogP contribution >= 0.6 is 0 Å². The first-order valence-electron chi connectivity index (χ1n) is 9.20. The van der Waals surface area contributed by atoms with Crippen LogP contribution in [0.5, 0.6) is 5.88 Å². The molecule has 0 unspecified atom stereocenters. The first kappa shape index (κ1) is 19.7. The van der Waals surface area contributed by atoms with Crippen molar-refractivity contribution in [3.63, 3.8) is 0 Å². The molecule has 0 fully saturated rings. The first-order chi connectivity index (χ1) is 14.5. The Bertz CT molecular complexity index is 1130. The maximum Gasteiger partial charge on any atom is 0.388 e. The summed E-state index contributed by atoms with van der Waals surface area (Å²) < 4.78 is 30.5. The summed E-state index contributed by atoms with van der Waals surface area (Å²) in [5.74, 6) is 0.650. The van der Waals surface area contributed by atoms with E-state index < -0.39 is 6.61 Å². The van der Waals surface area contributed by atoms with Crippen molar-refractivity contribution in [2.24, 2.45) is 5.92 Å². The number of aromatic nitrogens is 6. The Kier molecular flexibility index (Phi) is 5.53. The van der Waals surface area contributed by atoms with Gasteiger partial charge in [-0.3, -0.25) is 0 Å². The van der Waals surface area contributed by atoms with Gasteiger partial charge in [-0.25, -0.2) is 19.7 Å². The molecule has 3 aromatic heterocycles. The van der Waals surface area contributed by atoms with Crippen molar-refractivity contribution in [2.75, 3.05) is 11.9 Å². The highest BCUT2D eigenvalue weighted by Gasteiger charge is 2.12. The molecule has 0 spiro atoms. The zero-order chi connectivity index (χ0) is 21.1. The number of nitrogens with zero attached hydrogens (tertiary/aromatic N) is 5. The third kappa shape index (κ3) is 4.35. The molecule has 1 atom stereocenters. The number of rotatable bonds is 8. The van der Waals surface area contributed by atoms with Crippen LogP contribution in [0.1, 0.15) is 12.5 Å². The lowest BCUT2D eigenvalue weighted by Gasteiger charge is -2.09. The van der Waals surface area contributed by atoms with Crippen LogP contribution in [0.2, 0.25) is 0 Å². The van der Waals surface area contributed by atoms with Gasteiger partial charge in [0.2, 0.25) is 5.88 Å². The molecule has 0 aliphatic rings. The van der Waals surface area contributed by atoms with Gasteiger partial charge in [0.05, 0.1) is 18.1 Å². The van der Waals surface area contributed by atoms with E-state index in [0.29, 0.717) is 17.0 Å². The first-order valence-corrected chi connectivity index (χ1v) is 9.20. The molecule has 11 heteroatoms. The van der Waals surface area contributed by atoms with Crippen molar-refractivity contribution >= 4 is 22.8 Å². The van der Waals surface area contributed by atoms with E-state index in [2.05, 4.69) is 35.3 Å². The fourth-order valence-corrected chi connectivity index (χ4v) is 2.95. The zero-order valence-electron chi connectivity index (χ0n) is 16.0. The molecule has 0 aliphatic carbocycles. The average molecular weight is 415 g/mol. The molecule has 9 nitrogen and oxygen atoms in total. The van der Waals surface area contributed by atoms with E-state index in [1.54, 1.807) is 10.9 Å². The third-order valence-electron chi connectivity index (χ3n) is 4.38. The number of hydrogen-bond acceptors (Lipinski definition) is 7. The number of aliphatic hydroxyl groups excluding tert-OH is 1. The fraction of sp³-hybridized carbons (Fsp3) is 0.263. The minimum atomic E-state index is -2.94. The summed E-state index contributed by atoms with van der Waals surface area (Å²) in [6, 6.07) is 9.11. The van der Waals surface area contributed by atoms with Crippen LogP contribution in [0.15, 0.2) is 42.7 Å². The van der Waals surface area contributed by atoms with Gasteiger partial charge < -0.3 is 15.2 Å². The lowest BCUT2D eigenvalue weighted by Crippen LogP contribution is -2.05. The second kappa shape index (κ2) is 8.41. The lowest BCUT2D eigenvalue weighted by atomic mass is 10.0. The number of hydrogen-bond donors (Lipinski definition) is 3. The number of ether oxygens (including phenoxy) is 1. The standard InChI is InChI=1S/C19H19F2N7O2/c1-11(10-29)6-12-2-4-13(5-3-12)28-18-14(8-23-28)22-9-16(25-18)24-15-7-17(27-26-15)30-19(20)21/h2-5,7-9,11,19,29H,6,10H2,1H3,(H2,24,25,26,27)/t11-/m1/s1. The minimum absolute atomic E-state index is 0.142. The number of benzene rings is 1. The summed E-state index contributed by atoms with van der Waals surface area (Å²) in [6.07, 6.45) is 3.89. The molecule has 0 bridgehead atoms. The van der Waals surface area contributed by atoms with E-state index in [4.69, 9.17) is 0 Å². The van der Waals surface area contributed by atoms with Crippen LogP contribution in [0.3, 0.4) is 0 Å². The summed E-state index contributed by atoms with van der Waals surface area (Å²) in [5.41, 5.74) is 3.05. The van der Waals surface area contributed by atoms with Crippen LogP contribution < -0.4 is 10.1 Å². The van der Waals surface area contributed by atoms with E-state index in [1.165, 1.54) is 12.3 Å². The molecular formula is C19H19F2N7O2. The Hall–Kier alpha value is -3.60. The van der Waals surface area contributed by atoms with Crippen LogP contribution in [0.25, 0.3) is 16.9 Å².